The molecule has 0 bridgehead atoms. The molecule has 0 radical (unpaired) electrons. The smallest absolute Gasteiger partial charge is 0.0450 e. The second-order valence-corrected chi connectivity index (χ2v) is 8.34. The molecule has 2 nitrogen and oxygen atoms in total. The van der Waals surface area contributed by atoms with Crippen LogP contribution in [0.5, 0.6) is 0 Å². The number of para-hydroxylation sites is 2. The van der Waals surface area contributed by atoms with E-state index in [4.69, 9.17) is 0 Å². The van der Waals surface area contributed by atoms with Gasteiger partial charge in [-0.3, -0.25) is 0 Å². The standard InChI is InChI=1S/C28H24N2/c1-29-25-13-5-3-9-19(25)17-23-21(11-7-15-27(23)29)22-12-8-16-28-24(22)18-20-10-4-6-14-26(20)30(28)2/h3-16H,17-18H2,1-2H3. The molecule has 2 aliphatic heterocycles. The maximum Gasteiger partial charge on any atom is 0.0450 e. The first-order chi connectivity index (χ1) is 14.7. The molecule has 6 rings (SSSR count). The number of benzene rings is 4. The Morgan fingerprint density at radius 1 is 0.467 bits per heavy atom. The molecule has 146 valence electrons. The molecule has 4 aromatic rings. The normalized spacial score (nSPS) is 13.9. The molecule has 30 heavy (non-hydrogen) atoms. The average Bonchev–Trinajstić information content (AvgIpc) is 2.79. The van der Waals surface area contributed by atoms with Gasteiger partial charge < -0.3 is 9.80 Å². The molecule has 0 atom stereocenters. The third-order valence-electron chi connectivity index (χ3n) is 6.76. The lowest BCUT2D eigenvalue weighted by Crippen LogP contribution is -2.20. The minimum atomic E-state index is 0.974. The van der Waals surface area contributed by atoms with Gasteiger partial charge in [-0.1, -0.05) is 60.7 Å². The van der Waals surface area contributed by atoms with Crippen molar-refractivity contribution in [3.05, 3.63) is 107 Å². The lowest BCUT2D eigenvalue weighted by Gasteiger charge is -2.34. The van der Waals surface area contributed by atoms with E-state index < -0.39 is 0 Å². The SMILES string of the molecule is CN1c2ccccc2Cc2c(-c3cccc4c3Cc3ccccc3N4C)cccc21. The van der Waals surface area contributed by atoms with Crippen LogP contribution in [0.3, 0.4) is 0 Å². The second-order valence-electron chi connectivity index (χ2n) is 8.34. The van der Waals surface area contributed by atoms with Crippen molar-refractivity contribution in [2.24, 2.45) is 0 Å². The third-order valence-corrected chi connectivity index (χ3v) is 6.76. The van der Waals surface area contributed by atoms with Crippen LogP contribution in [0.4, 0.5) is 22.7 Å². The molecule has 0 aromatic heterocycles. The number of hydrogen-bond donors (Lipinski definition) is 0. The van der Waals surface area contributed by atoms with Gasteiger partial charge >= 0.3 is 0 Å². The van der Waals surface area contributed by atoms with Crippen LogP contribution in [-0.2, 0) is 12.8 Å². The first-order valence-electron chi connectivity index (χ1n) is 10.6. The van der Waals surface area contributed by atoms with Crippen molar-refractivity contribution in [2.75, 3.05) is 23.9 Å². The highest BCUT2D eigenvalue weighted by Gasteiger charge is 2.26. The Balaban J connectivity index is 1.54. The first-order valence-corrected chi connectivity index (χ1v) is 10.6. The molecule has 2 heteroatoms. The van der Waals surface area contributed by atoms with E-state index in [2.05, 4.69) is 109 Å². The number of hydrogen-bond acceptors (Lipinski definition) is 2. The first kappa shape index (κ1) is 17.3. The zero-order chi connectivity index (χ0) is 20.2. The quantitative estimate of drug-likeness (QED) is 0.358. The summed E-state index contributed by atoms with van der Waals surface area (Å²) in [5, 5.41) is 0. The fourth-order valence-electron chi connectivity index (χ4n) is 5.27. The topological polar surface area (TPSA) is 6.48 Å². The molecule has 0 saturated heterocycles. The van der Waals surface area contributed by atoms with E-state index in [-0.39, 0.29) is 0 Å². The van der Waals surface area contributed by atoms with E-state index >= 15 is 0 Å². The van der Waals surface area contributed by atoms with Crippen molar-refractivity contribution in [3.8, 4) is 11.1 Å². The van der Waals surface area contributed by atoms with E-state index in [1.165, 1.54) is 56.1 Å². The Bertz CT molecular complexity index is 1190. The molecular weight excluding hydrogens is 364 g/mol. The Morgan fingerprint density at radius 2 is 0.867 bits per heavy atom. The molecule has 2 aliphatic rings. The summed E-state index contributed by atoms with van der Waals surface area (Å²) in [4.78, 5) is 4.68. The minimum absolute atomic E-state index is 0.974. The molecule has 4 aromatic carbocycles. The molecule has 0 N–H and O–H groups in total. The van der Waals surface area contributed by atoms with E-state index in [0.717, 1.165) is 12.8 Å². The van der Waals surface area contributed by atoms with Gasteiger partial charge in [-0.2, -0.15) is 0 Å². The summed E-state index contributed by atoms with van der Waals surface area (Å²) in [6.45, 7) is 0. The van der Waals surface area contributed by atoms with Gasteiger partial charge in [0.05, 0.1) is 0 Å². The molecular formula is C28H24N2. The molecule has 0 aliphatic carbocycles. The number of nitrogens with zero attached hydrogens (tertiary/aromatic N) is 2. The highest BCUT2D eigenvalue weighted by Crippen LogP contribution is 2.46. The maximum atomic E-state index is 2.34. The summed E-state index contributed by atoms with van der Waals surface area (Å²) in [5.41, 5.74) is 13.6. The van der Waals surface area contributed by atoms with Gasteiger partial charge in [0.15, 0.2) is 0 Å². The van der Waals surface area contributed by atoms with Gasteiger partial charge in [-0.15, -0.1) is 0 Å². The summed E-state index contributed by atoms with van der Waals surface area (Å²) in [7, 11) is 4.37. The highest BCUT2D eigenvalue weighted by molar-refractivity contribution is 5.87. The molecule has 0 fully saturated rings. The van der Waals surface area contributed by atoms with Crippen molar-refractivity contribution >= 4 is 22.7 Å². The van der Waals surface area contributed by atoms with E-state index in [0.29, 0.717) is 0 Å². The van der Waals surface area contributed by atoms with Crippen molar-refractivity contribution < 1.29 is 0 Å². The van der Waals surface area contributed by atoms with Gasteiger partial charge in [0.1, 0.15) is 0 Å². The van der Waals surface area contributed by atoms with E-state index in [9.17, 15) is 0 Å². The Kier molecular flexibility index (Phi) is 3.76. The monoisotopic (exact) mass is 388 g/mol. The maximum absolute atomic E-state index is 2.34. The van der Waals surface area contributed by atoms with Crippen LogP contribution in [0.25, 0.3) is 11.1 Å². The predicted molar refractivity (Wildman–Crippen MR) is 127 cm³/mol. The van der Waals surface area contributed by atoms with Gasteiger partial charge in [0, 0.05) is 49.7 Å². The Morgan fingerprint density at radius 3 is 1.33 bits per heavy atom. The van der Waals surface area contributed by atoms with Gasteiger partial charge in [-0.05, 0) is 57.6 Å². The van der Waals surface area contributed by atoms with Crippen molar-refractivity contribution in [2.45, 2.75) is 12.8 Å². The minimum Gasteiger partial charge on any atom is -0.344 e. The molecule has 0 amide bonds. The lowest BCUT2D eigenvalue weighted by molar-refractivity contribution is 1.04. The predicted octanol–water partition coefficient (Wildman–Crippen LogP) is 6.70. The average molecular weight is 389 g/mol. The lowest BCUT2D eigenvalue weighted by atomic mass is 9.84. The van der Waals surface area contributed by atoms with Crippen LogP contribution < -0.4 is 9.80 Å². The summed E-state index contributed by atoms with van der Waals surface area (Å²) in [5.74, 6) is 0. The van der Waals surface area contributed by atoms with Crippen LogP contribution >= 0.6 is 0 Å². The van der Waals surface area contributed by atoms with Crippen LogP contribution in [0.2, 0.25) is 0 Å². The number of rotatable bonds is 1. The third kappa shape index (κ3) is 2.43. The van der Waals surface area contributed by atoms with Crippen LogP contribution in [-0.4, -0.2) is 14.1 Å². The zero-order valence-corrected chi connectivity index (χ0v) is 17.4. The van der Waals surface area contributed by atoms with Crippen LogP contribution in [0.1, 0.15) is 22.3 Å². The van der Waals surface area contributed by atoms with E-state index in [1.54, 1.807) is 0 Å². The second kappa shape index (κ2) is 6.50. The Hall–Kier alpha value is -3.52. The molecule has 0 spiro atoms. The zero-order valence-electron chi connectivity index (χ0n) is 17.4. The summed E-state index contributed by atoms with van der Waals surface area (Å²) in [6, 6.07) is 31.1. The molecule has 2 heterocycles. The van der Waals surface area contributed by atoms with Gasteiger partial charge in [-0.25, -0.2) is 0 Å². The summed E-state index contributed by atoms with van der Waals surface area (Å²) in [6.07, 6.45) is 1.95. The molecule has 0 saturated carbocycles. The Labute approximate surface area is 178 Å². The number of fused-ring (bicyclic) bond motifs is 4. The largest absolute Gasteiger partial charge is 0.344 e. The van der Waals surface area contributed by atoms with Crippen LogP contribution in [0.15, 0.2) is 84.9 Å². The fourth-order valence-corrected chi connectivity index (χ4v) is 5.27. The van der Waals surface area contributed by atoms with Gasteiger partial charge in [0.25, 0.3) is 0 Å². The molecule has 0 unspecified atom stereocenters. The fraction of sp³-hybridized carbons (Fsp3) is 0.143. The number of anilines is 4. The van der Waals surface area contributed by atoms with Crippen molar-refractivity contribution in [3.63, 3.8) is 0 Å². The van der Waals surface area contributed by atoms with Gasteiger partial charge in [0.2, 0.25) is 0 Å². The van der Waals surface area contributed by atoms with Crippen molar-refractivity contribution in [1.29, 1.82) is 0 Å². The van der Waals surface area contributed by atoms with E-state index in [1.807, 2.05) is 0 Å². The van der Waals surface area contributed by atoms with Crippen molar-refractivity contribution in [1.82, 2.24) is 0 Å². The summed E-state index contributed by atoms with van der Waals surface area (Å²) >= 11 is 0. The summed E-state index contributed by atoms with van der Waals surface area (Å²) < 4.78 is 0. The van der Waals surface area contributed by atoms with Crippen LogP contribution in [0, 0.1) is 0 Å². The highest BCUT2D eigenvalue weighted by atomic mass is 15.1.